The molecule has 66 valence electrons. The minimum absolute atomic E-state index is 0.603. The van der Waals surface area contributed by atoms with Crippen molar-refractivity contribution >= 4 is 5.69 Å². The highest BCUT2D eigenvalue weighted by molar-refractivity contribution is 5.49. The second-order valence-corrected chi connectivity index (χ2v) is 2.86. The Labute approximate surface area is 72.5 Å². The first kappa shape index (κ1) is 9.04. The maximum Gasteiger partial charge on any atom is 0.0687 e. The van der Waals surface area contributed by atoms with Crippen LogP contribution in [0.25, 0.3) is 0 Å². The Morgan fingerprint density at radius 3 is 2.75 bits per heavy atom. The second-order valence-electron chi connectivity index (χ2n) is 2.86. The molecule has 0 bridgehead atoms. The van der Waals surface area contributed by atoms with Crippen molar-refractivity contribution in [3.05, 3.63) is 29.8 Å². The molecule has 0 aliphatic rings. The average molecular weight is 167 g/mol. The zero-order chi connectivity index (χ0) is 8.81. The maximum absolute atomic E-state index is 12.2. The summed E-state index contributed by atoms with van der Waals surface area (Å²) in [6, 6.07) is 7.48. The number of benzene rings is 1. The fourth-order valence-electron chi connectivity index (χ4n) is 1.20. The van der Waals surface area contributed by atoms with E-state index in [1.165, 1.54) is 0 Å². The third-order valence-electron chi connectivity index (χ3n) is 1.92. The monoisotopic (exact) mass is 167 g/mol. The minimum Gasteiger partial charge on any atom is -0.224 e. The first-order valence-corrected chi connectivity index (χ1v) is 4.33. The summed E-state index contributed by atoms with van der Waals surface area (Å²) in [6.07, 6.45) is 3.20. The van der Waals surface area contributed by atoms with Gasteiger partial charge in [-0.3, -0.25) is 0 Å². The summed E-state index contributed by atoms with van der Waals surface area (Å²) in [5.74, 6) is 0. The highest BCUT2D eigenvalue weighted by atomic mass is 19.2. The zero-order valence-corrected chi connectivity index (χ0v) is 7.31. The van der Waals surface area contributed by atoms with Gasteiger partial charge < -0.3 is 0 Å². The molecule has 0 fully saturated rings. The van der Waals surface area contributed by atoms with Crippen molar-refractivity contribution in [2.24, 2.45) is 0 Å². The lowest BCUT2D eigenvalue weighted by Crippen LogP contribution is -1.91. The number of hydrogen-bond donors (Lipinski definition) is 1. The summed E-state index contributed by atoms with van der Waals surface area (Å²) >= 11 is 0. The lowest BCUT2D eigenvalue weighted by Gasteiger charge is -2.04. The lowest BCUT2D eigenvalue weighted by molar-refractivity contribution is 0.614. The molecule has 0 unspecified atom stereocenters. The number of unbranched alkanes of at least 4 members (excludes halogenated alkanes) is 1. The molecule has 0 saturated heterocycles. The zero-order valence-electron chi connectivity index (χ0n) is 7.31. The van der Waals surface area contributed by atoms with Gasteiger partial charge in [0.25, 0.3) is 0 Å². The molecular weight excluding hydrogens is 153 g/mol. The largest absolute Gasteiger partial charge is 0.224 e. The first-order valence-electron chi connectivity index (χ1n) is 4.33. The molecule has 1 N–H and O–H groups in total. The molecule has 0 saturated carbocycles. The fraction of sp³-hybridized carbons (Fsp3) is 0.400. The van der Waals surface area contributed by atoms with E-state index in [1.807, 2.05) is 18.2 Å². The summed E-state index contributed by atoms with van der Waals surface area (Å²) in [4.78, 5) is 0. The van der Waals surface area contributed by atoms with Gasteiger partial charge in [0, 0.05) is 0 Å². The predicted octanol–water partition coefficient (Wildman–Crippen LogP) is 3.33. The van der Waals surface area contributed by atoms with E-state index in [1.54, 1.807) is 11.6 Å². The van der Waals surface area contributed by atoms with Gasteiger partial charge in [-0.1, -0.05) is 31.5 Å². The molecule has 0 atom stereocenters. The van der Waals surface area contributed by atoms with E-state index >= 15 is 0 Å². The van der Waals surface area contributed by atoms with Gasteiger partial charge in [0.15, 0.2) is 0 Å². The number of nitrogens with one attached hydrogen (secondary N) is 1. The van der Waals surface area contributed by atoms with Crippen LogP contribution in [0.2, 0.25) is 0 Å². The lowest BCUT2D eigenvalue weighted by atomic mass is 10.1. The van der Waals surface area contributed by atoms with Gasteiger partial charge in [0.1, 0.15) is 0 Å². The topological polar surface area (TPSA) is 12.0 Å². The minimum atomic E-state index is 0.603. The van der Waals surface area contributed by atoms with Crippen molar-refractivity contribution in [1.29, 1.82) is 0 Å². The molecule has 1 aromatic rings. The van der Waals surface area contributed by atoms with Crippen LogP contribution in [0.5, 0.6) is 0 Å². The Hall–Kier alpha value is -1.05. The van der Waals surface area contributed by atoms with E-state index in [0.29, 0.717) is 5.69 Å². The van der Waals surface area contributed by atoms with Gasteiger partial charge in [-0.05, 0) is 24.5 Å². The Bertz CT molecular complexity index is 235. The number of rotatable bonds is 4. The number of para-hydroxylation sites is 1. The molecule has 1 aromatic carbocycles. The maximum atomic E-state index is 12.2. The Balaban J connectivity index is 2.68. The standard InChI is InChI=1S/C10H14FN/c1-2-3-6-9-7-4-5-8-10(9)12-11/h4-5,7-8,12H,2-3,6H2,1H3. The van der Waals surface area contributed by atoms with Crippen LogP contribution in [-0.2, 0) is 6.42 Å². The Morgan fingerprint density at radius 1 is 1.33 bits per heavy atom. The molecule has 0 spiro atoms. The fourth-order valence-corrected chi connectivity index (χ4v) is 1.20. The molecule has 0 aromatic heterocycles. The van der Waals surface area contributed by atoms with Crippen LogP contribution in [0, 0.1) is 0 Å². The first-order chi connectivity index (χ1) is 5.88. The van der Waals surface area contributed by atoms with Crippen molar-refractivity contribution in [3.63, 3.8) is 0 Å². The molecule has 12 heavy (non-hydrogen) atoms. The smallest absolute Gasteiger partial charge is 0.0687 e. The summed E-state index contributed by atoms with van der Waals surface area (Å²) in [5, 5.41) is 0. The molecular formula is C10H14FN. The van der Waals surface area contributed by atoms with Gasteiger partial charge in [-0.25, -0.2) is 5.54 Å². The molecule has 2 heteroatoms. The molecule has 1 nitrogen and oxygen atoms in total. The van der Waals surface area contributed by atoms with E-state index in [4.69, 9.17) is 0 Å². The summed E-state index contributed by atoms with van der Waals surface area (Å²) in [6.45, 7) is 2.13. The van der Waals surface area contributed by atoms with Gasteiger partial charge in [0.05, 0.1) is 5.69 Å². The van der Waals surface area contributed by atoms with Crippen LogP contribution < -0.4 is 5.54 Å². The highest BCUT2D eigenvalue weighted by Gasteiger charge is 1.98. The van der Waals surface area contributed by atoms with E-state index < -0.39 is 0 Å². The quantitative estimate of drug-likeness (QED) is 0.678. The third kappa shape index (κ3) is 2.22. The predicted molar refractivity (Wildman–Crippen MR) is 49.8 cm³/mol. The van der Waals surface area contributed by atoms with Crippen LogP contribution in [0.4, 0.5) is 10.2 Å². The highest BCUT2D eigenvalue weighted by Crippen LogP contribution is 2.17. The number of anilines is 1. The van der Waals surface area contributed by atoms with Gasteiger partial charge in [-0.15, -0.1) is 4.48 Å². The second kappa shape index (κ2) is 4.75. The van der Waals surface area contributed by atoms with Gasteiger partial charge >= 0.3 is 0 Å². The van der Waals surface area contributed by atoms with Gasteiger partial charge in [0.2, 0.25) is 0 Å². The molecule has 0 aliphatic heterocycles. The van der Waals surface area contributed by atoms with E-state index in [-0.39, 0.29) is 0 Å². The van der Waals surface area contributed by atoms with Crippen LogP contribution >= 0.6 is 0 Å². The van der Waals surface area contributed by atoms with Crippen LogP contribution in [0.1, 0.15) is 25.3 Å². The van der Waals surface area contributed by atoms with Crippen molar-refractivity contribution in [2.75, 3.05) is 5.54 Å². The van der Waals surface area contributed by atoms with Crippen LogP contribution in [-0.4, -0.2) is 0 Å². The molecule has 0 amide bonds. The summed E-state index contributed by atoms with van der Waals surface area (Å²) < 4.78 is 12.2. The number of hydrogen-bond acceptors (Lipinski definition) is 1. The van der Waals surface area contributed by atoms with Crippen LogP contribution in [0.3, 0.4) is 0 Å². The Kier molecular flexibility index (Phi) is 3.58. The van der Waals surface area contributed by atoms with E-state index in [9.17, 15) is 4.48 Å². The number of halogens is 1. The molecule has 0 aliphatic carbocycles. The normalized spacial score (nSPS) is 9.83. The summed E-state index contributed by atoms with van der Waals surface area (Å²) in [7, 11) is 0. The van der Waals surface area contributed by atoms with E-state index in [2.05, 4.69) is 6.92 Å². The van der Waals surface area contributed by atoms with Crippen molar-refractivity contribution in [2.45, 2.75) is 26.2 Å². The molecule has 1 rings (SSSR count). The van der Waals surface area contributed by atoms with Crippen molar-refractivity contribution in [3.8, 4) is 0 Å². The van der Waals surface area contributed by atoms with Crippen molar-refractivity contribution < 1.29 is 4.48 Å². The van der Waals surface area contributed by atoms with E-state index in [0.717, 1.165) is 24.8 Å². The third-order valence-corrected chi connectivity index (χ3v) is 1.92. The average Bonchev–Trinajstić information content (AvgIpc) is 2.15. The van der Waals surface area contributed by atoms with Crippen LogP contribution in [0.15, 0.2) is 24.3 Å². The number of aryl methyl sites for hydroxylation is 1. The molecule has 0 heterocycles. The van der Waals surface area contributed by atoms with Gasteiger partial charge in [-0.2, -0.15) is 0 Å². The van der Waals surface area contributed by atoms with Crippen molar-refractivity contribution in [1.82, 2.24) is 0 Å². The SMILES string of the molecule is CCCCc1ccccc1NF. The summed E-state index contributed by atoms with van der Waals surface area (Å²) in [5.41, 5.74) is 3.36. The Morgan fingerprint density at radius 2 is 2.08 bits per heavy atom. The molecule has 0 radical (unpaired) electrons.